The van der Waals surface area contributed by atoms with Gasteiger partial charge in [0.1, 0.15) is 5.76 Å². The molecule has 108 valence electrons. The summed E-state index contributed by atoms with van der Waals surface area (Å²) in [5, 5.41) is 6.50. The van der Waals surface area contributed by atoms with E-state index in [1.165, 1.54) is 7.11 Å². The molecule has 1 atom stereocenters. The topological polar surface area (TPSA) is 64.4 Å². The third-order valence-electron chi connectivity index (χ3n) is 2.94. The van der Waals surface area contributed by atoms with Crippen LogP contribution in [0.4, 0.5) is 0 Å². The molecule has 0 aliphatic carbocycles. The van der Waals surface area contributed by atoms with E-state index in [0.29, 0.717) is 0 Å². The maximum absolute atomic E-state index is 11.3. The van der Waals surface area contributed by atoms with E-state index < -0.39 is 5.97 Å². The largest absolute Gasteiger partial charge is 0.463 e. The zero-order valence-corrected chi connectivity index (χ0v) is 12.6. The van der Waals surface area contributed by atoms with Crippen LogP contribution in [0, 0.1) is 6.92 Å². The lowest BCUT2D eigenvalue weighted by Gasteiger charge is -2.10. The van der Waals surface area contributed by atoms with Crippen molar-refractivity contribution in [2.45, 2.75) is 26.3 Å². The van der Waals surface area contributed by atoms with Crippen molar-refractivity contribution in [2.24, 2.45) is 0 Å². The molecule has 0 bridgehead atoms. The number of carbonyl (C=O) groups excluding carboxylic acids is 1. The number of esters is 1. The summed E-state index contributed by atoms with van der Waals surface area (Å²) < 4.78 is 10.1. The van der Waals surface area contributed by atoms with Crippen LogP contribution in [-0.4, -0.2) is 24.6 Å². The van der Waals surface area contributed by atoms with Gasteiger partial charge in [-0.25, -0.2) is 9.78 Å². The number of methoxy groups -OCH3 is 1. The van der Waals surface area contributed by atoms with Gasteiger partial charge in [-0.1, -0.05) is 0 Å². The van der Waals surface area contributed by atoms with Crippen LogP contribution in [0.25, 0.3) is 0 Å². The summed E-state index contributed by atoms with van der Waals surface area (Å²) in [4.78, 5) is 15.7. The summed E-state index contributed by atoms with van der Waals surface area (Å²) in [6.07, 6.45) is 0.874. The molecule has 6 heteroatoms. The normalized spacial score (nSPS) is 12.3. The van der Waals surface area contributed by atoms with Gasteiger partial charge in [-0.05, 0) is 26.0 Å². The molecule has 1 N–H and O–H groups in total. The fraction of sp³-hybridized carbons (Fsp3) is 0.429. The van der Waals surface area contributed by atoms with Gasteiger partial charge in [-0.3, -0.25) is 0 Å². The Hall–Kier alpha value is -1.66. The molecule has 0 amide bonds. The molecule has 0 fully saturated rings. The third-order valence-corrected chi connectivity index (χ3v) is 3.76. The molecule has 0 saturated carbocycles. The van der Waals surface area contributed by atoms with E-state index in [9.17, 15) is 4.79 Å². The summed E-state index contributed by atoms with van der Waals surface area (Å²) in [6, 6.07) is 3.45. The van der Waals surface area contributed by atoms with Gasteiger partial charge >= 0.3 is 5.97 Å². The van der Waals surface area contributed by atoms with Crippen LogP contribution >= 0.6 is 11.3 Å². The smallest absolute Gasteiger partial charge is 0.373 e. The van der Waals surface area contributed by atoms with Crippen LogP contribution < -0.4 is 5.32 Å². The molecule has 0 spiro atoms. The lowest BCUT2D eigenvalue weighted by molar-refractivity contribution is 0.0562. The average molecular weight is 294 g/mol. The summed E-state index contributed by atoms with van der Waals surface area (Å²) in [6.45, 7) is 4.80. The van der Waals surface area contributed by atoms with E-state index in [0.717, 1.165) is 29.4 Å². The summed E-state index contributed by atoms with van der Waals surface area (Å²) in [7, 11) is 1.34. The van der Waals surface area contributed by atoms with Gasteiger partial charge in [0, 0.05) is 18.3 Å². The summed E-state index contributed by atoms with van der Waals surface area (Å²) in [5.74, 6) is 0.493. The minimum atomic E-state index is -0.457. The third kappa shape index (κ3) is 3.68. The number of rotatable bonds is 6. The molecule has 0 radical (unpaired) electrons. The Morgan fingerprint density at radius 3 is 3.00 bits per heavy atom. The highest BCUT2D eigenvalue weighted by Gasteiger charge is 2.14. The number of nitrogens with one attached hydrogen (secondary N) is 1. The highest BCUT2D eigenvalue weighted by molar-refractivity contribution is 7.09. The van der Waals surface area contributed by atoms with Crippen molar-refractivity contribution < 1.29 is 13.9 Å². The molecular formula is C14H18N2O3S. The highest BCUT2D eigenvalue weighted by atomic mass is 32.1. The number of carbonyl (C=O) groups is 1. The Balaban J connectivity index is 1.83. The van der Waals surface area contributed by atoms with Gasteiger partial charge < -0.3 is 14.5 Å². The molecule has 2 rings (SSSR count). The Morgan fingerprint density at radius 1 is 1.55 bits per heavy atom. The van der Waals surface area contributed by atoms with Crippen LogP contribution in [-0.2, 0) is 11.2 Å². The Labute approximate surface area is 122 Å². The average Bonchev–Trinajstić information content (AvgIpc) is 3.07. The molecule has 0 aliphatic rings. The first-order valence-electron chi connectivity index (χ1n) is 6.42. The number of ether oxygens (including phenoxy) is 1. The predicted octanol–water partition coefficient (Wildman–Crippen LogP) is 2.72. The number of nitrogens with zero attached hydrogens (tertiary/aromatic N) is 1. The van der Waals surface area contributed by atoms with Gasteiger partial charge in [-0.15, -0.1) is 11.3 Å². The Kier molecular flexibility index (Phi) is 4.92. The Bertz CT molecular complexity index is 576. The zero-order valence-electron chi connectivity index (χ0n) is 11.8. The first-order valence-corrected chi connectivity index (χ1v) is 7.30. The molecule has 1 unspecified atom stereocenters. The van der Waals surface area contributed by atoms with E-state index in [-0.39, 0.29) is 11.8 Å². The molecule has 2 heterocycles. The van der Waals surface area contributed by atoms with E-state index in [1.54, 1.807) is 23.5 Å². The van der Waals surface area contributed by atoms with Crippen molar-refractivity contribution in [3.8, 4) is 0 Å². The lowest BCUT2D eigenvalue weighted by atomic mass is 10.2. The fourth-order valence-electron chi connectivity index (χ4n) is 1.84. The van der Waals surface area contributed by atoms with Crippen molar-refractivity contribution in [3.63, 3.8) is 0 Å². The molecule has 2 aromatic heterocycles. The zero-order chi connectivity index (χ0) is 14.5. The maximum atomic E-state index is 11.3. The van der Waals surface area contributed by atoms with E-state index in [4.69, 9.17) is 4.42 Å². The molecular weight excluding hydrogens is 276 g/mol. The van der Waals surface area contributed by atoms with Crippen molar-refractivity contribution in [3.05, 3.63) is 39.7 Å². The minimum Gasteiger partial charge on any atom is -0.463 e. The monoisotopic (exact) mass is 294 g/mol. The Morgan fingerprint density at radius 2 is 2.35 bits per heavy atom. The predicted molar refractivity (Wildman–Crippen MR) is 77.0 cm³/mol. The number of aromatic nitrogens is 1. The van der Waals surface area contributed by atoms with Gasteiger partial charge in [0.25, 0.3) is 0 Å². The molecule has 5 nitrogen and oxygen atoms in total. The van der Waals surface area contributed by atoms with E-state index in [1.807, 2.05) is 13.8 Å². The fourth-order valence-corrected chi connectivity index (χ4v) is 2.48. The van der Waals surface area contributed by atoms with Crippen molar-refractivity contribution >= 4 is 17.3 Å². The van der Waals surface area contributed by atoms with Crippen molar-refractivity contribution in [1.82, 2.24) is 10.3 Å². The van der Waals surface area contributed by atoms with Crippen LogP contribution in [0.15, 0.2) is 21.9 Å². The van der Waals surface area contributed by atoms with Crippen molar-refractivity contribution in [2.75, 3.05) is 13.7 Å². The highest BCUT2D eigenvalue weighted by Crippen LogP contribution is 2.17. The van der Waals surface area contributed by atoms with Crippen LogP contribution in [0.2, 0.25) is 0 Å². The van der Waals surface area contributed by atoms with Crippen LogP contribution in [0.1, 0.15) is 40.0 Å². The second kappa shape index (κ2) is 6.67. The lowest BCUT2D eigenvalue weighted by Crippen LogP contribution is -2.21. The molecule has 20 heavy (non-hydrogen) atoms. The summed E-state index contributed by atoms with van der Waals surface area (Å²) in [5.41, 5.74) is 1.10. The minimum absolute atomic E-state index is 0.0353. The second-order valence-corrected chi connectivity index (χ2v) is 5.54. The van der Waals surface area contributed by atoms with E-state index in [2.05, 4.69) is 20.4 Å². The number of hydrogen-bond acceptors (Lipinski definition) is 6. The van der Waals surface area contributed by atoms with Crippen LogP contribution in [0.5, 0.6) is 0 Å². The first-order chi connectivity index (χ1) is 9.60. The summed E-state index contributed by atoms with van der Waals surface area (Å²) >= 11 is 1.66. The number of furan rings is 1. The number of thiazole rings is 1. The van der Waals surface area contributed by atoms with Gasteiger partial charge in [0.15, 0.2) is 0 Å². The number of aryl methyl sites for hydroxylation is 1. The van der Waals surface area contributed by atoms with Gasteiger partial charge in [0.2, 0.25) is 5.76 Å². The molecule has 0 aliphatic heterocycles. The second-order valence-electron chi connectivity index (χ2n) is 4.48. The maximum Gasteiger partial charge on any atom is 0.373 e. The standard InChI is InChI=1S/C14H18N2O3S/c1-9(12-4-5-13(19-12)14(17)18-3)15-7-6-11-8-20-10(2)16-11/h4-5,8-9,15H,6-7H2,1-3H3. The van der Waals surface area contributed by atoms with Gasteiger partial charge in [-0.2, -0.15) is 0 Å². The van der Waals surface area contributed by atoms with Gasteiger partial charge in [0.05, 0.1) is 23.9 Å². The van der Waals surface area contributed by atoms with E-state index >= 15 is 0 Å². The van der Waals surface area contributed by atoms with Crippen LogP contribution in [0.3, 0.4) is 0 Å². The molecule has 2 aromatic rings. The quantitative estimate of drug-likeness (QED) is 0.830. The number of hydrogen-bond donors (Lipinski definition) is 1. The first kappa shape index (κ1) is 14.7. The molecule has 0 saturated heterocycles. The SMILES string of the molecule is COC(=O)c1ccc(C(C)NCCc2csc(C)n2)o1. The van der Waals surface area contributed by atoms with Crippen molar-refractivity contribution in [1.29, 1.82) is 0 Å². The molecule has 0 aromatic carbocycles.